The van der Waals surface area contributed by atoms with E-state index >= 15 is 0 Å². The van der Waals surface area contributed by atoms with Gasteiger partial charge in [0.15, 0.2) is 17.5 Å². The van der Waals surface area contributed by atoms with Gasteiger partial charge in [0.25, 0.3) is 0 Å². The van der Waals surface area contributed by atoms with Crippen molar-refractivity contribution in [3.8, 4) is 0 Å². The van der Waals surface area contributed by atoms with E-state index in [1.807, 2.05) is 0 Å². The van der Waals surface area contributed by atoms with Crippen LogP contribution in [0.5, 0.6) is 0 Å². The van der Waals surface area contributed by atoms with Gasteiger partial charge in [0.1, 0.15) is 29.5 Å². The van der Waals surface area contributed by atoms with Gasteiger partial charge in [-0.3, -0.25) is 8.80 Å². The van der Waals surface area contributed by atoms with Crippen LogP contribution in [0.15, 0.2) is 146 Å². The summed E-state index contributed by atoms with van der Waals surface area (Å²) in [5, 5.41) is 6.00. The minimum atomic E-state index is -4.10. The summed E-state index contributed by atoms with van der Waals surface area (Å²) in [5.41, 5.74) is 6.49. The van der Waals surface area contributed by atoms with Crippen molar-refractivity contribution in [2.75, 3.05) is 26.4 Å². The van der Waals surface area contributed by atoms with Gasteiger partial charge >= 0.3 is 8.88 Å². The third-order valence-corrected chi connectivity index (χ3v) is 18.1. The molecule has 1 unspecified atom stereocenters. The van der Waals surface area contributed by atoms with Crippen LogP contribution in [0.3, 0.4) is 0 Å². The zero-order valence-electron chi connectivity index (χ0n) is 37.0. The van der Waals surface area contributed by atoms with Crippen LogP contribution >= 0.6 is 0 Å². The zero-order valence-corrected chi connectivity index (χ0v) is 38.0. The SMILES string of the molecule is C=COCC1CCC(CO[Si]2(OCC3CCC(COC=C)CC3)N3/C4=N\C5=NC(=N\c6c7ccccc7c(n62)/N=C2\N=C(NC3c3ccccc34)C3=C2C=CCC3)/C2=C5C=CCC2)CC1. The molecule has 1 atom stereocenters. The van der Waals surface area contributed by atoms with Crippen LogP contribution in [0.4, 0.5) is 11.6 Å². The van der Waals surface area contributed by atoms with Gasteiger partial charge in [-0.05, 0) is 101 Å². The van der Waals surface area contributed by atoms with Crippen molar-refractivity contribution in [1.82, 2.24) is 14.1 Å². The summed E-state index contributed by atoms with van der Waals surface area (Å²) in [4.78, 5) is 27.8. The summed E-state index contributed by atoms with van der Waals surface area (Å²) in [6.45, 7) is 10.0. The van der Waals surface area contributed by atoms with Crippen molar-refractivity contribution in [3.63, 3.8) is 0 Å². The fraction of sp³-hybridized carbons (Fsp3) is 0.404. The molecule has 332 valence electrons. The molecule has 1 N–H and O–H groups in total. The normalized spacial score (nSPS) is 30.7. The number of allylic oxidation sites excluding steroid dienone is 2. The summed E-state index contributed by atoms with van der Waals surface area (Å²) in [6, 6.07) is 17.2. The Bertz CT molecular complexity index is 2720. The summed E-state index contributed by atoms with van der Waals surface area (Å²) in [7, 11) is -4.10. The fourth-order valence-corrected chi connectivity index (χ4v) is 15.1. The molecule has 0 radical (unpaired) electrons. The number of aromatic nitrogens is 1. The van der Waals surface area contributed by atoms with E-state index in [-0.39, 0.29) is 0 Å². The molecule has 13 heteroatoms. The van der Waals surface area contributed by atoms with Crippen molar-refractivity contribution >= 4 is 60.5 Å². The first-order valence-electron chi connectivity index (χ1n) is 23.9. The lowest BCUT2D eigenvalue weighted by molar-refractivity contribution is 0.0544. The Balaban J connectivity index is 1.11. The van der Waals surface area contributed by atoms with Gasteiger partial charge in [-0.15, -0.1) is 0 Å². The minimum absolute atomic E-state index is 0.317. The van der Waals surface area contributed by atoms with Crippen LogP contribution in [0.2, 0.25) is 0 Å². The molecule has 2 aromatic carbocycles. The third-order valence-electron chi connectivity index (χ3n) is 15.0. The highest BCUT2D eigenvalue weighted by atomic mass is 28.4. The predicted molar refractivity (Wildman–Crippen MR) is 259 cm³/mol. The van der Waals surface area contributed by atoms with Gasteiger partial charge in [0.05, 0.1) is 25.7 Å². The van der Waals surface area contributed by atoms with E-state index in [4.69, 9.17) is 43.3 Å². The van der Waals surface area contributed by atoms with E-state index in [0.717, 1.165) is 139 Å². The highest BCUT2D eigenvalue weighted by Crippen LogP contribution is 2.50. The number of hydrogen-bond acceptors (Lipinski definition) is 11. The highest BCUT2D eigenvalue weighted by Gasteiger charge is 2.61. The van der Waals surface area contributed by atoms with E-state index in [9.17, 15) is 0 Å². The van der Waals surface area contributed by atoms with Crippen molar-refractivity contribution in [2.45, 2.75) is 83.2 Å². The van der Waals surface area contributed by atoms with Crippen LogP contribution in [-0.2, 0) is 18.3 Å². The Labute approximate surface area is 381 Å². The quantitative estimate of drug-likeness (QED) is 0.143. The third kappa shape index (κ3) is 6.96. The standard InChI is InChI=1S/C52H56N8O4Si/c1-3-61-29-33-21-25-35(26-22-33)31-63-65(64-32-36-27-23-34(24-28-36)30-62-4-2)59-49-41-17-9-10-18-42(41)51(59)57-47-39-15-7-8-16-40(39)48(54-47)58-52-44-20-12-11-19-43(44)50(60(52)65)56-46-38-14-6-5-13-37(38)45(53-46)55-49/h3-5,8-13,16-20,33-36,50H,1-2,6-7,14-15,21-32H2,(H,53,55,56)/b57-47-,58-52-. The number of amidine groups is 5. The molecule has 2 fully saturated rings. The van der Waals surface area contributed by atoms with Crippen molar-refractivity contribution < 1.29 is 18.3 Å². The predicted octanol–water partition coefficient (Wildman–Crippen LogP) is 10.4. The number of nitrogens with zero attached hydrogens (tertiary/aromatic N) is 7. The van der Waals surface area contributed by atoms with Crippen LogP contribution in [0.25, 0.3) is 10.8 Å². The van der Waals surface area contributed by atoms with Crippen molar-refractivity contribution in [3.05, 3.63) is 132 Å². The van der Waals surface area contributed by atoms with E-state index in [1.54, 1.807) is 12.5 Å². The summed E-state index contributed by atoms with van der Waals surface area (Å²) < 4.78 is 32.1. The number of hydrogen-bond donors (Lipinski definition) is 1. The van der Waals surface area contributed by atoms with Crippen molar-refractivity contribution in [1.29, 1.82) is 0 Å². The summed E-state index contributed by atoms with van der Waals surface area (Å²) in [5.74, 6) is 6.79. The average Bonchev–Trinajstić information content (AvgIpc) is 4.07. The smallest absolute Gasteiger partial charge is 0.502 e. The molecule has 5 aliphatic heterocycles. The van der Waals surface area contributed by atoms with Crippen LogP contribution < -0.4 is 5.32 Å². The van der Waals surface area contributed by atoms with E-state index < -0.39 is 15.0 Å². The Morgan fingerprint density at radius 1 is 0.615 bits per heavy atom. The second-order valence-corrected chi connectivity index (χ2v) is 21.4. The van der Waals surface area contributed by atoms with Crippen LogP contribution in [-0.4, -0.2) is 73.3 Å². The number of rotatable bonds is 12. The summed E-state index contributed by atoms with van der Waals surface area (Å²) in [6.07, 6.45) is 23.5. The minimum Gasteiger partial charge on any atom is -0.502 e. The maximum Gasteiger partial charge on any atom is 0.599 e. The number of nitrogens with one attached hydrogen (secondary N) is 1. The molecule has 3 aromatic rings. The number of benzene rings is 2. The Morgan fingerprint density at radius 3 is 1.78 bits per heavy atom. The fourth-order valence-electron chi connectivity index (χ4n) is 11.5. The van der Waals surface area contributed by atoms with Gasteiger partial charge in [0.2, 0.25) is 0 Å². The number of aliphatic imine (C=N–C) groups is 5. The first-order chi connectivity index (χ1) is 32.1. The van der Waals surface area contributed by atoms with Crippen LogP contribution in [0, 0.1) is 23.7 Å². The van der Waals surface area contributed by atoms with E-state index in [2.05, 4.69) is 100 Å². The number of ether oxygens (including phenoxy) is 2. The van der Waals surface area contributed by atoms with E-state index in [0.29, 0.717) is 67.6 Å². The molecular formula is C52H56N8O4Si. The first-order valence-corrected chi connectivity index (χ1v) is 25.6. The molecule has 6 bridgehead atoms. The lowest BCUT2D eigenvalue weighted by Gasteiger charge is -2.44. The molecule has 2 saturated carbocycles. The van der Waals surface area contributed by atoms with Gasteiger partial charge in [0, 0.05) is 57.4 Å². The monoisotopic (exact) mass is 884 g/mol. The molecule has 4 aliphatic carbocycles. The van der Waals surface area contributed by atoms with Gasteiger partial charge in [-0.1, -0.05) is 86.0 Å². The molecule has 1 aromatic heterocycles. The average molecular weight is 885 g/mol. The molecule has 6 heterocycles. The lowest BCUT2D eigenvalue weighted by atomic mass is 9.83. The van der Waals surface area contributed by atoms with Gasteiger partial charge < -0.3 is 23.6 Å². The second-order valence-electron chi connectivity index (χ2n) is 18.8. The molecule has 0 amide bonds. The zero-order chi connectivity index (χ0) is 43.5. The largest absolute Gasteiger partial charge is 0.599 e. The topological polar surface area (TPSA) is 119 Å². The molecule has 9 aliphatic rings. The molecule has 65 heavy (non-hydrogen) atoms. The summed E-state index contributed by atoms with van der Waals surface area (Å²) >= 11 is 0. The lowest BCUT2D eigenvalue weighted by Crippen LogP contribution is -2.67. The highest BCUT2D eigenvalue weighted by molar-refractivity contribution is 6.68. The van der Waals surface area contributed by atoms with Gasteiger partial charge in [-0.2, -0.15) is 0 Å². The molecule has 12 nitrogen and oxygen atoms in total. The molecule has 0 spiro atoms. The Morgan fingerprint density at radius 2 is 1.15 bits per heavy atom. The molecule has 12 rings (SSSR count). The number of fused-ring (bicyclic) bond motifs is 12. The van der Waals surface area contributed by atoms with E-state index in [1.165, 1.54) is 5.57 Å². The van der Waals surface area contributed by atoms with Crippen LogP contribution in [0.1, 0.15) is 94.3 Å². The van der Waals surface area contributed by atoms with Gasteiger partial charge in [-0.25, -0.2) is 25.0 Å². The first kappa shape index (κ1) is 40.6. The molecular weight excluding hydrogens is 829 g/mol. The van der Waals surface area contributed by atoms with Crippen molar-refractivity contribution in [2.24, 2.45) is 48.6 Å². The Hall–Kier alpha value is -5.89. The molecule has 0 saturated heterocycles. The second kappa shape index (κ2) is 16.8. The maximum absolute atomic E-state index is 8.02. The maximum atomic E-state index is 8.02. The Kier molecular flexibility index (Phi) is 10.5.